The van der Waals surface area contributed by atoms with Crippen LogP contribution in [0.25, 0.3) is 0 Å². The van der Waals surface area contributed by atoms with Gasteiger partial charge in [-0.2, -0.15) is 0 Å². The maximum atomic E-state index is 13.6. The molecule has 0 heterocycles. The van der Waals surface area contributed by atoms with Crippen LogP contribution < -0.4 is 10.1 Å². The Kier molecular flexibility index (Phi) is 11.0. The van der Waals surface area contributed by atoms with Crippen molar-refractivity contribution < 1.29 is 14.3 Å². The molecular weight excluding hydrogens is 515 g/mol. The van der Waals surface area contributed by atoms with Crippen LogP contribution in [0.5, 0.6) is 5.75 Å². The minimum atomic E-state index is -0.687. The number of carbonyl (C=O) groups is 2. The molecule has 5 nitrogen and oxygen atoms in total. The van der Waals surface area contributed by atoms with Crippen LogP contribution in [0.3, 0.4) is 0 Å². The zero-order valence-corrected chi connectivity index (χ0v) is 22.7. The van der Waals surface area contributed by atoms with Gasteiger partial charge < -0.3 is 15.0 Å². The third-order valence-electron chi connectivity index (χ3n) is 5.63. The lowest BCUT2D eigenvalue weighted by Gasteiger charge is -2.31. The van der Waals surface area contributed by atoms with Crippen LogP contribution >= 0.6 is 35.0 Å². The van der Waals surface area contributed by atoms with Crippen LogP contribution in [0, 0.1) is 0 Å². The summed E-state index contributed by atoms with van der Waals surface area (Å²) in [5.41, 5.74) is 2.79. The Morgan fingerprint density at radius 2 is 1.72 bits per heavy atom. The minimum absolute atomic E-state index is 0.133. The van der Waals surface area contributed by atoms with E-state index in [-0.39, 0.29) is 24.1 Å². The van der Waals surface area contributed by atoms with Crippen molar-refractivity contribution in [3.05, 3.63) is 99.5 Å². The first-order valence-corrected chi connectivity index (χ1v) is 13.6. The Labute approximate surface area is 227 Å². The van der Waals surface area contributed by atoms with Crippen LogP contribution in [0.1, 0.15) is 23.6 Å². The van der Waals surface area contributed by atoms with Crippen molar-refractivity contribution in [1.29, 1.82) is 0 Å². The molecule has 190 valence electrons. The second-order valence-corrected chi connectivity index (χ2v) is 10.0. The number of methoxy groups -OCH3 is 1. The number of amides is 2. The number of nitrogens with zero attached hydrogens (tertiary/aromatic N) is 1. The van der Waals surface area contributed by atoms with E-state index in [1.165, 1.54) is 11.8 Å². The number of likely N-dealkylation sites (N-methyl/N-ethyl adjacent to an activating group) is 1. The van der Waals surface area contributed by atoms with Crippen LogP contribution in [-0.2, 0) is 28.3 Å². The van der Waals surface area contributed by atoms with Crippen molar-refractivity contribution in [3.8, 4) is 5.75 Å². The highest BCUT2D eigenvalue weighted by atomic mass is 35.5. The molecule has 36 heavy (non-hydrogen) atoms. The lowest BCUT2D eigenvalue weighted by molar-refractivity contribution is -0.139. The maximum Gasteiger partial charge on any atom is 0.243 e. The highest BCUT2D eigenvalue weighted by Crippen LogP contribution is 2.25. The van der Waals surface area contributed by atoms with Crippen molar-refractivity contribution in [2.45, 2.75) is 31.7 Å². The molecule has 0 radical (unpaired) electrons. The summed E-state index contributed by atoms with van der Waals surface area (Å²) in [6, 6.07) is 22.0. The summed E-state index contributed by atoms with van der Waals surface area (Å²) in [4.78, 5) is 28.4. The summed E-state index contributed by atoms with van der Waals surface area (Å²) in [5, 5.41) is 3.87. The van der Waals surface area contributed by atoms with Gasteiger partial charge in [-0.05, 0) is 47.9 Å². The SMILES string of the molecule is CCNC(=O)C(Cc1ccccc1)N(Cc1ccc(Cl)cc1Cl)C(=O)CSCc1ccc(OC)cc1. The van der Waals surface area contributed by atoms with Crippen molar-refractivity contribution in [2.75, 3.05) is 19.4 Å². The van der Waals surface area contributed by atoms with Crippen molar-refractivity contribution in [2.24, 2.45) is 0 Å². The molecule has 3 aromatic rings. The molecule has 3 aromatic carbocycles. The molecule has 1 atom stereocenters. The molecule has 0 spiro atoms. The summed E-state index contributed by atoms with van der Waals surface area (Å²) in [6.07, 6.45) is 0.396. The van der Waals surface area contributed by atoms with E-state index in [2.05, 4.69) is 5.32 Å². The van der Waals surface area contributed by atoms with Gasteiger partial charge in [-0.25, -0.2) is 0 Å². The van der Waals surface area contributed by atoms with Gasteiger partial charge in [-0.1, -0.05) is 71.7 Å². The molecule has 0 aliphatic heterocycles. The molecule has 8 heteroatoms. The fourth-order valence-corrected chi connectivity index (χ4v) is 5.08. The number of halogens is 2. The van der Waals surface area contributed by atoms with Gasteiger partial charge in [0.25, 0.3) is 0 Å². The molecule has 0 aromatic heterocycles. The summed E-state index contributed by atoms with van der Waals surface area (Å²) in [7, 11) is 1.63. The second kappa shape index (κ2) is 14.2. The molecule has 0 saturated carbocycles. The molecule has 0 aliphatic rings. The molecule has 3 rings (SSSR count). The lowest BCUT2D eigenvalue weighted by Crippen LogP contribution is -2.51. The van der Waals surface area contributed by atoms with E-state index in [0.29, 0.717) is 28.8 Å². The first-order chi connectivity index (χ1) is 17.4. The van der Waals surface area contributed by atoms with Gasteiger partial charge in [-0.15, -0.1) is 11.8 Å². The highest BCUT2D eigenvalue weighted by molar-refractivity contribution is 7.99. The standard InChI is InChI=1S/C28H30Cl2N2O3S/c1-3-31-28(34)26(15-20-7-5-4-6-8-20)32(17-22-11-12-23(29)16-25(22)30)27(33)19-36-18-21-9-13-24(35-2)14-10-21/h4-14,16,26H,3,15,17-19H2,1-2H3,(H,31,34). The van der Waals surface area contributed by atoms with Crippen molar-refractivity contribution >= 4 is 46.8 Å². The monoisotopic (exact) mass is 544 g/mol. The zero-order valence-electron chi connectivity index (χ0n) is 20.4. The van der Waals surface area contributed by atoms with E-state index in [1.807, 2.05) is 61.5 Å². The molecule has 0 fully saturated rings. The Morgan fingerprint density at radius 1 is 1.00 bits per heavy atom. The molecular formula is C28H30Cl2N2O3S. The van der Waals surface area contributed by atoms with Gasteiger partial charge >= 0.3 is 0 Å². The van der Waals surface area contributed by atoms with Crippen LogP contribution in [0.4, 0.5) is 0 Å². The van der Waals surface area contributed by atoms with E-state index in [9.17, 15) is 9.59 Å². The normalized spacial score (nSPS) is 11.6. The van der Waals surface area contributed by atoms with Crippen molar-refractivity contribution in [3.63, 3.8) is 0 Å². The van der Waals surface area contributed by atoms with Crippen LogP contribution in [0.15, 0.2) is 72.8 Å². The summed E-state index contributed by atoms with van der Waals surface area (Å²) in [6.45, 7) is 2.54. The average molecular weight is 546 g/mol. The average Bonchev–Trinajstić information content (AvgIpc) is 2.88. The lowest BCUT2D eigenvalue weighted by atomic mass is 10.0. The largest absolute Gasteiger partial charge is 0.497 e. The van der Waals surface area contributed by atoms with E-state index < -0.39 is 6.04 Å². The second-order valence-electron chi connectivity index (χ2n) is 8.20. The zero-order chi connectivity index (χ0) is 25.9. The number of benzene rings is 3. The van der Waals surface area contributed by atoms with Gasteiger partial charge in [0.15, 0.2) is 0 Å². The van der Waals surface area contributed by atoms with E-state index in [4.69, 9.17) is 27.9 Å². The molecule has 1 N–H and O–H groups in total. The van der Waals surface area contributed by atoms with Crippen LogP contribution in [0.2, 0.25) is 10.0 Å². The number of ether oxygens (including phenoxy) is 1. The third-order valence-corrected chi connectivity index (χ3v) is 7.21. The van der Waals surface area contributed by atoms with Crippen LogP contribution in [-0.4, -0.2) is 42.2 Å². The Bertz CT molecular complexity index is 1140. The van der Waals surface area contributed by atoms with E-state index in [0.717, 1.165) is 22.4 Å². The third kappa shape index (κ3) is 8.19. The number of carbonyl (C=O) groups excluding carboxylic acids is 2. The highest BCUT2D eigenvalue weighted by Gasteiger charge is 2.30. The topological polar surface area (TPSA) is 58.6 Å². The molecule has 1 unspecified atom stereocenters. The smallest absolute Gasteiger partial charge is 0.243 e. The fourth-order valence-electron chi connectivity index (χ4n) is 3.74. The predicted molar refractivity (Wildman–Crippen MR) is 149 cm³/mol. The van der Waals surface area contributed by atoms with Gasteiger partial charge in [-0.3, -0.25) is 9.59 Å². The van der Waals surface area contributed by atoms with E-state index in [1.54, 1.807) is 30.2 Å². The predicted octanol–water partition coefficient (Wildman–Crippen LogP) is 6.01. The number of hydrogen-bond acceptors (Lipinski definition) is 4. The molecule has 0 bridgehead atoms. The maximum absolute atomic E-state index is 13.6. The minimum Gasteiger partial charge on any atom is -0.497 e. The first-order valence-electron chi connectivity index (χ1n) is 11.7. The number of nitrogens with one attached hydrogen (secondary N) is 1. The first kappa shape index (κ1) is 27.9. The van der Waals surface area contributed by atoms with Gasteiger partial charge in [0.1, 0.15) is 11.8 Å². The molecule has 0 saturated heterocycles. The Morgan fingerprint density at radius 3 is 2.36 bits per heavy atom. The number of thioether (sulfide) groups is 1. The van der Waals surface area contributed by atoms with E-state index >= 15 is 0 Å². The molecule has 2 amide bonds. The number of hydrogen-bond donors (Lipinski definition) is 1. The summed E-state index contributed by atoms with van der Waals surface area (Å²) in [5.74, 6) is 1.35. The van der Waals surface area contributed by atoms with Gasteiger partial charge in [0.2, 0.25) is 11.8 Å². The summed E-state index contributed by atoms with van der Waals surface area (Å²) < 4.78 is 5.21. The fraction of sp³-hybridized carbons (Fsp3) is 0.286. The summed E-state index contributed by atoms with van der Waals surface area (Å²) >= 11 is 14.0. The van der Waals surface area contributed by atoms with Crippen molar-refractivity contribution in [1.82, 2.24) is 10.2 Å². The molecule has 0 aliphatic carbocycles. The quantitative estimate of drug-likeness (QED) is 0.303. The Balaban J connectivity index is 1.83. The Hall–Kier alpha value is -2.67. The van der Waals surface area contributed by atoms with Gasteiger partial charge in [0, 0.05) is 35.3 Å². The number of rotatable bonds is 12. The van der Waals surface area contributed by atoms with Gasteiger partial charge in [0.05, 0.1) is 12.9 Å².